The molecule has 0 aliphatic carbocycles. The molecule has 1 aliphatic heterocycles. The molecule has 1 unspecified atom stereocenters. The average molecular weight is 398 g/mol. The number of anilines is 1. The van der Waals surface area contributed by atoms with Gasteiger partial charge in [-0.25, -0.2) is 4.98 Å². The number of rotatable bonds is 6. The van der Waals surface area contributed by atoms with Crippen LogP contribution in [-0.2, 0) is 0 Å². The summed E-state index contributed by atoms with van der Waals surface area (Å²) in [5, 5.41) is 12.5. The van der Waals surface area contributed by atoms with E-state index >= 15 is 0 Å². The number of pyridine rings is 1. The fraction of sp³-hybridized carbons (Fsp3) is 0.381. The molecule has 2 aromatic heterocycles. The lowest BCUT2D eigenvalue weighted by molar-refractivity contribution is 0.167. The summed E-state index contributed by atoms with van der Waals surface area (Å²) < 4.78 is 5.89. The Morgan fingerprint density at radius 1 is 1.14 bits per heavy atom. The maximum atomic E-state index is 5.95. The third kappa shape index (κ3) is 4.34. The van der Waals surface area contributed by atoms with Gasteiger partial charge in [-0.15, -0.1) is 10.2 Å². The number of benzene rings is 1. The number of aromatic nitrogens is 3. The van der Waals surface area contributed by atoms with Crippen molar-refractivity contribution in [2.75, 3.05) is 25.0 Å². The molecule has 0 spiro atoms. The van der Waals surface area contributed by atoms with Crippen LogP contribution in [0.15, 0.2) is 47.0 Å². The molecule has 0 saturated carbocycles. The number of hydrogen-bond acceptors (Lipinski definition) is 6. The first-order valence-corrected chi connectivity index (χ1v) is 10.1. The molecule has 3 aromatic rings. The van der Waals surface area contributed by atoms with Gasteiger partial charge in [-0.1, -0.05) is 18.0 Å². The molecule has 1 aliphatic rings. The summed E-state index contributed by atoms with van der Waals surface area (Å²) in [6.45, 7) is 5.30. The van der Waals surface area contributed by atoms with Crippen molar-refractivity contribution < 1.29 is 4.42 Å². The van der Waals surface area contributed by atoms with Crippen molar-refractivity contribution in [3.8, 4) is 22.9 Å². The summed E-state index contributed by atoms with van der Waals surface area (Å²) in [5.74, 6) is 1.67. The standard InChI is InChI=1S/C21H24ClN5O/c1-15-5-2-3-13-27(15)14-12-24-19-18(6-4-11-23-19)21-26-25-20(28-21)16-7-9-17(22)10-8-16/h4,6-11,15H,2-3,5,12-14H2,1H3,(H,23,24). The molecule has 6 nitrogen and oxygen atoms in total. The van der Waals surface area contributed by atoms with Crippen molar-refractivity contribution in [1.29, 1.82) is 0 Å². The molecule has 4 rings (SSSR count). The number of halogens is 1. The molecule has 0 bridgehead atoms. The predicted octanol–water partition coefficient (Wildman–Crippen LogP) is 4.74. The van der Waals surface area contributed by atoms with Gasteiger partial charge < -0.3 is 9.73 Å². The Labute approximate surface area is 169 Å². The van der Waals surface area contributed by atoms with Crippen LogP contribution in [0.2, 0.25) is 5.02 Å². The summed E-state index contributed by atoms with van der Waals surface area (Å²) in [4.78, 5) is 7.01. The molecule has 1 fully saturated rings. The van der Waals surface area contributed by atoms with E-state index < -0.39 is 0 Å². The van der Waals surface area contributed by atoms with Crippen LogP contribution in [0.5, 0.6) is 0 Å². The fourth-order valence-corrected chi connectivity index (χ4v) is 3.69. The first-order valence-electron chi connectivity index (χ1n) is 9.73. The Hall–Kier alpha value is -2.44. The zero-order valence-corrected chi connectivity index (χ0v) is 16.7. The minimum absolute atomic E-state index is 0.451. The minimum Gasteiger partial charge on any atom is -0.416 e. The molecule has 1 N–H and O–H groups in total. The van der Waals surface area contributed by atoms with Gasteiger partial charge in [0.05, 0.1) is 5.56 Å². The van der Waals surface area contributed by atoms with Crippen LogP contribution in [0.3, 0.4) is 0 Å². The Kier molecular flexibility index (Phi) is 5.88. The molecule has 0 radical (unpaired) electrons. The molecule has 1 saturated heterocycles. The van der Waals surface area contributed by atoms with Gasteiger partial charge >= 0.3 is 0 Å². The van der Waals surface area contributed by atoms with Gasteiger partial charge in [-0.3, -0.25) is 4.90 Å². The fourth-order valence-electron chi connectivity index (χ4n) is 3.57. The van der Waals surface area contributed by atoms with Crippen molar-refractivity contribution in [2.24, 2.45) is 0 Å². The normalized spacial score (nSPS) is 17.6. The van der Waals surface area contributed by atoms with E-state index in [2.05, 4.69) is 32.3 Å². The highest BCUT2D eigenvalue weighted by Gasteiger charge is 2.18. The van der Waals surface area contributed by atoms with Crippen molar-refractivity contribution >= 4 is 17.4 Å². The summed E-state index contributed by atoms with van der Waals surface area (Å²) in [7, 11) is 0. The number of nitrogens with one attached hydrogen (secondary N) is 1. The second kappa shape index (κ2) is 8.71. The highest BCUT2D eigenvalue weighted by atomic mass is 35.5. The first kappa shape index (κ1) is 18.9. The highest BCUT2D eigenvalue weighted by molar-refractivity contribution is 6.30. The second-order valence-electron chi connectivity index (χ2n) is 7.13. The Balaban J connectivity index is 1.46. The van der Waals surface area contributed by atoms with E-state index in [1.165, 1.54) is 25.8 Å². The summed E-state index contributed by atoms with van der Waals surface area (Å²) >= 11 is 5.95. The summed E-state index contributed by atoms with van der Waals surface area (Å²) in [6, 6.07) is 11.8. The predicted molar refractivity (Wildman–Crippen MR) is 111 cm³/mol. The lowest BCUT2D eigenvalue weighted by Crippen LogP contribution is -2.40. The lowest BCUT2D eigenvalue weighted by atomic mass is 10.0. The van der Waals surface area contributed by atoms with E-state index in [9.17, 15) is 0 Å². The van der Waals surface area contributed by atoms with E-state index in [1.54, 1.807) is 18.3 Å². The molecule has 3 heterocycles. The van der Waals surface area contributed by atoms with Gasteiger partial charge in [0.15, 0.2) is 0 Å². The topological polar surface area (TPSA) is 67.1 Å². The molecule has 1 aromatic carbocycles. The van der Waals surface area contributed by atoms with Crippen LogP contribution in [0.25, 0.3) is 22.9 Å². The maximum absolute atomic E-state index is 5.95. The van der Waals surface area contributed by atoms with Gasteiger partial charge in [0.1, 0.15) is 5.82 Å². The van der Waals surface area contributed by atoms with Gasteiger partial charge in [-0.05, 0) is 62.7 Å². The molecule has 1 atom stereocenters. The average Bonchev–Trinajstić information content (AvgIpc) is 3.20. The Morgan fingerprint density at radius 2 is 1.96 bits per heavy atom. The zero-order valence-electron chi connectivity index (χ0n) is 15.9. The zero-order chi connectivity index (χ0) is 19.3. The number of piperidine rings is 1. The minimum atomic E-state index is 0.451. The molecule has 0 amide bonds. The largest absolute Gasteiger partial charge is 0.416 e. The molecule has 146 valence electrons. The van der Waals surface area contributed by atoms with Crippen LogP contribution in [0.1, 0.15) is 26.2 Å². The third-order valence-corrected chi connectivity index (χ3v) is 5.44. The Bertz CT molecular complexity index is 911. The summed E-state index contributed by atoms with van der Waals surface area (Å²) in [6.07, 6.45) is 5.67. The highest BCUT2D eigenvalue weighted by Crippen LogP contribution is 2.28. The number of likely N-dealkylation sites (tertiary alicyclic amines) is 1. The maximum Gasteiger partial charge on any atom is 0.251 e. The van der Waals surface area contributed by atoms with Gasteiger partial charge in [0, 0.05) is 35.9 Å². The number of nitrogens with zero attached hydrogens (tertiary/aromatic N) is 4. The van der Waals surface area contributed by atoms with Crippen LogP contribution < -0.4 is 5.32 Å². The van der Waals surface area contributed by atoms with Crippen LogP contribution >= 0.6 is 11.6 Å². The third-order valence-electron chi connectivity index (χ3n) is 5.19. The second-order valence-corrected chi connectivity index (χ2v) is 7.56. The number of hydrogen-bond donors (Lipinski definition) is 1. The van der Waals surface area contributed by atoms with Gasteiger partial charge in [-0.2, -0.15) is 0 Å². The van der Waals surface area contributed by atoms with Crippen LogP contribution in [0, 0.1) is 0 Å². The quantitative estimate of drug-likeness (QED) is 0.648. The van der Waals surface area contributed by atoms with E-state index in [1.807, 2.05) is 24.3 Å². The lowest BCUT2D eigenvalue weighted by Gasteiger charge is -2.33. The van der Waals surface area contributed by atoms with Crippen molar-refractivity contribution in [3.05, 3.63) is 47.6 Å². The monoisotopic (exact) mass is 397 g/mol. The van der Waals surface area contributed by atoms with Crippen molar-refractivity contribution in [2.45, 2.75) is 32.2 Å². The van der Waals surface area contributed by atoms with Crippen LogP contribution in [-0.4, -0.2) is 45.8 Å². The van der Waals surface area contributed by atoms with E-state index in [4.69, 9.17) is 16.0 Å². The Morgan fingerprint density at radius 3 is 2.79 bits per heavy atom. The smallest absolute Gasteiger partial charge is 0.251 e. The van der Waals surface area contributed by atoms with Crippen molar-refractivity contribution in [3.63, 3.8) is 0 Å². The first-order chi connectivity index (χ1) is 13.7. The SMILES string of the molecule is CC1CCCCN1CCNc1ncccc1-c1nnc(-c2ccc(Cl)cc2)o1. The summed E-state index contributed by atoms with van der Waals surface area (Å²) in [5.41, 5.74) is 1.64. The molecule has 28 heavy (non-hydrogen) atoms. The van der Waals surface area contributed by atoms with Gasteiger partial charge in [0.2, 0.25) is 5.89 Å². The van der Waals surface area contributed by atoms with E-state index in [0.29, 0.717) is 22.8 Å². The van der Waals surface area contributed by atoms with Gasteiger partial charge in [0.25, 0.3) is 5.89 Å². The molecular formula is C21H24ClN5O. The van der Waals surface area contributed by atoms with Crippen molar-refractivity contribution in [1.82, 2.24) is 20.1 Å². The van der Waals surface area contributed by atoms with E-state index in [0.717, 1.165) is 30.0 Å². The van der Waals surface area contributed by atoms with Crippen LogP contribution in [0.4, 0.5) is 5.82 Å². The molecule has 7 heteroatoms. The molecular weight excluding hydrogens is 374 g/mol. The van der Waals surface area contributed by atoms with E-state index in [-0.39, 0.29) is 0 Å².